The van der Waals surface area contributed by atoms with E-state index in [2.05, 4.69) is 30.4 Å². The number of carbonyl (C=O) groups excluding carboxylic acids is 1. The summed E-state index contributed by atoms with van der Waals surface area (Å²) in [5, 5.41) is 3.29. The zero-order valence-corrected chi connectivity index (χ0v) is 11.4. The van der Waals surface area contributed by atoms with Gasteiger partial charge < -0.3 is 10.1 Å². The number of hydrogen-bond acceptors (Lipinski definition) is 3. The number of hydrogen-bond donors (Lipinski definition) is 1. The Bertz CT molecular complexity index is 477. The summed E-state index contributed by atoms with van der Waals surface area (Å²) in [4.78, 5) is 12.5. The average Bonchev–Trinajstić information content (AvgIpc) is 2.87. The molecule has 0 spiro atoms. The molecule has 1 aromatic rings. The second-order valence-corrected chi connectivity index (χ2v) is 5.92. The highest BCUT2D eigenvalue weighted by molar-refractivity contribution is 5.85. The number of ether oxygens (including phenoxy) is 1. The Morgan fingerprint density at radius 1 is 1.47 bits per heavy atom. The van der Waals surface area contributed by atoms with Gasteiger partial charge in [0, 0.05) is 18.4 Å². The number of benzene rings is 1. The van der Waals surface area contributed by atoms with Crippen LogP contribution in [-0.4, -0.2) is 25.5 Å². The van der Waals surface area contributed by atoms with E-state index in [1.807, 2.05) is 6.07 Å². The largest absolute Gasteiger partial charge is 0.373 e. The van der Waals surface area contributed by atoms with Crippen molar-refractivity contribution in [1.82, 2.24) is 5.32 Å². The highest BCUT2D eigenvalue weighted by Gasteiger charge is 2.37. The number of nitrogens with one attached hydrogen (secondary N) is 1. The van der Waals surface area contributed by atoms with Gasteiger partial charge in [0.25, 0.3) is 0 Å². The molecule has 0 amide bonds. The maximum atomic E-state index is 12.5. The van der Waals surface area contributed by atoms with Crippen molar-refractivity contribution in [2.75, 3.05) is 19.7 Å². The van der Waals surface area contributed by atoms with Gasteiger partial charge in [-0.25, -0.2) is 0 Å². The van der Waals surface area contributed by atoms with Gasteiger partial charge in [-0.2, -0.15) is 0 Å². The second-order valence-electron chi connectivity index (χ2n) is 5.92. The van der Waals surface area contributed by atoms with Gasteiger partial charge in [0.15, 0.2) is 0 Å². The quantitative estimate of drug-likeness (QED) is 0.905. The minimum Gasteiger partial charge on any atom is -0.373 e. The maximum absolute atomic E-state index is 12.5. The van der Waals surface area contributed by atoms with Gasteiger partial charge in [-0.1, -0.05) is 31.2 Å². The maximum Gasteiger partial charge on any atom is 0.143 e. The molecule has 0 saturated carbocycles. The van der Waals surface area contributed by atoms with Crippen LogP contribution in [0.4, 0.5) is 0 Å². The number of fused-ring (bicyclic) bond motifs is 1. The summed E-state index contributed by atoms with van der Waals surface area (Å²) in [6.45, 7) is 4.55. The van der Waals surface area contributed by atoms with Crippen molar-refractivity contribution in [3.63, 3.8) is 0 Å². The Hall–Kier alpha value is -1.19. The van der Waals surface area contributed by atoms with Crippen LogP contribution in [0.3, 0.4) is 0 Å². The molecule has 1 aromatic carbocycles. The molecule has 0 bridgehead atoms. The fraction of sp³-hybridized carbons (Fsp3) is 0.562. The fourth-order valence-corrected chi connectivity index (χ4v) is 3.12. The number of ketones is 1. The number of carbonyl (C=O) groups is 1. The predicted molar refractivity (Wildman–Crippen MR) is 74.1 cm³/mol. The van der Waals surface area contributed by atoms with Crippen LogP contribution in [0.5, 0.6) is 0 Å². The third-order valence-electron chi connectivity index (χ3n) is 4.51. The van der Waals surface area contributed by atoms with E-state index < -0.39 is 0 Å². The molecule has 2 heterocycles. The van der Waals surface area contributed by atoms with Crippen LogP contribution in [-0.2, 0) is 16.0 Å². The van der Waals surface area contributed by atoms with Crippen LogP contribution in [0.15, 0.2) is 24.3 Å². The van der Waals surface area contributed by atoms with Gasteiger partial charge in [0.2, 0.25) is 0 Å². The SMILES string of the molecule is CC1(C(=O)CC2OCCc3ccccc32)CCNC1. The lowest BCUT2D eigenvalue weighted by Crippen LogP contribution is -2.32. The third-order valence-corrected chi connectivity index (χ3v) is 4.51. The lowest BCUT2D eigenvalue weighted by atomic mass is 9.81. The van der Waals surface area contributed by atoms with Gasteiger partial charge in [-0.15, -0.1) is 0 Å². The minimum absolute atomic E-state index is 0.0464. The van der Waals surface area contributed by atoms with Gasteiger partial charge >= 0.3 is 0 Å². The topological polar surface area (TPSA) is 38.3 Å². The molecule has 19 heavy (non-hydrogen) atoms. The van der Waals surface area contributed by atoms with Gasteiger partial charge in [0.05, 0.1) is 12.7 Å². The summed E-state index contributed by atoms with van der Waals surface area (Å²) in [7, 11) is 0. The first-order valence-electron chi connectivity index (χ1n) is 7.12. The molecule has 3 nitrogen and oxygen atoms in total. The zero-order chi connectivity index (χ0) is 13.3. The van der Waals surface area contributed by atoms with E-state index in [1.54, 1.807) is 0 Å². The van der Waals surface area contributed by atoms with Crippen molar-refractivity contribution < 1.29 is 9.53 Å². The van der Waals surface area contributed by atoms with E-state index in [0.29, 0.717) is 12.2 Å². The molecule has 0 aliphatic carbocycles. The minimum atomic E-state index is -0.199. The highest BCUT2D eigenvalue weighted by atomic mass is 16.5. The highest BCUT2D eigenvalue weighted by Crippen LogP contribution is 2.34. The summed E-state index contributed by atoms with van der Waals surface area (Å²) in [6, 6.07) is 8.34. The lowest BCUT2D eigenvalue weighted by molar-refractivity contribution is -0.130. The van der Waals surface area contributed by atoms with E-state index in [1.165, 1.54) is 11.1 Å². The summed E-state index contributed by atoms with van der Waals surface area (Å²) >= 11 is 0. The summed E-state index contributed by atoms with van der Waals surface area (Å²) in [5.41, 5.74) is 2.34. The van der Waals surface area contributed by atoms with Gasteiger partial charge in [-0.3, -0.25) is 4.79 Å². The van der Waals surface area contributed by atoms with Crippen molar-refractivity contribution in [3.05, 3.63) is 35.4 Å². The molecule has 2 aliphatic heterocycles. The van der Waals surface area contributed by atoms with Crippen molar-refractivity contribution in [2.45, 2.75) is 32.3 Å². The van der Waals surface area contributed by atoms with Gasteiger partial charge in [-0.05, 0) is 30.5 Å². The Labute approximate surface area is 114 Å². The Balaban J connectivity index is 1.76. The van der Waals surface area contributed by atoms with E-state index in [9.17, 15) is 4.79 Å². The molecule has 2 unspecified atom stereocenters. The molecule has 102 valence electrons. The summed E-state index contributed by atoms with van der Waals surface area (Å²) < 4.78 is 5.84. The van der Waals surface area contributed by atoms with E-state index in [0.717, 1.165) is 32.5 Å². The van der Waals surface area contributed by atoms with Crippen LogP contribution < -0.4 is 5.32 Å². The lowest BCUT2D eigenvalue weighted by Gasteiger charge is -2.29. The first kappa shape index (κ1) is 12.8. The summed E-state index contributed by atoms with van der Waals surface area (Å²) in [5.74, 6) is 0.333. The summed E-state index contributed by atoms with van der Waals surface area (Å²) in [6.07, 6.45) is 2.37. The van der Waals surface area contributed by atoms with Crippen molar-refractivity contribution in [3.8, 4) is 0 Å². The fourth-order valence-electron chi connectivity index (χ4n) is 3.12. The predicted octanol–water partition coefficient (Wildman–Crippen LogP) is 2.26. The van der Waals surface area contributed by atoms with E-state index in [-0.39, 0.29) is 11.5 Å². The van der Waals surface area contributed by atoms with Crippen LogP contribution in [0.25, 0.3) is 0 Å². The molecule has 3 heteroatoms. The molecule has 0 aromatic heterocycles. The third kappa shape index (κ3) is 2.45. The van der Waals surface area contributed by atoms with Crippen LogP contribution in [0.2, 0.25) is 0 Å². The molecular weight excluding hydrogens is 238 g/mol. The molecule has 2 atom stereocenters. The number of Topliss-reactive ketones (excluding diaryl/α,β-unsaturated/α-hetero) is 1. The molecule has 1 saturated heterocycles. The first-order valence-corrected chi connectivity index (χ1v) is 7.12. The molecule has 0 radical (unpaired) electrons. The van der Waals surface area contributed by atoms with Crippen molar-refractivity contribution in [2.24, 2.45) is 5.41 Å². The molecule has 2 aliphatic rings. The normalized spacial score (nSPS) is 30.1. The second kappa shape index (κ2) is 5.06. The van der Waals surface area contributed by atoms with Gasteiger partial charge in [0.1, 0.15) is 5.78 Å². The molecular formula is C16H21NO2. The van der Waals surface area contributed by atoms with Crippen LogP contribution in [0.1, 0.15) is 37.0 Å². The number of rotatable bonds is 3. The average molecular weight is 259 g/mol. The van der Waals surface area contributed by atoms with E-state index in [4.69, 9.17) is 4.74 Å². The smallest absolute Gasteiger partial charge is 0.143 e. The monoisotopic (exact) mass is 259 g/mol. The Morgan fingerprint density at radius 2 is 2.32 bits per heavy atom. The van der Waals surface area contributed by atoms with E-state index >= 15 is 0 Å². The Kier molecular flexibility index (Phi) is 3.42. The molecule has 1 fully saturated rings. The Morgan fingerprint density at radius 3 is 3.11 bits per heavy atom. The molecule has 3 rings (SSSR count). The standard InChI is InChI=1S/C16H21NO2/c1-16(7-8-17-11-16)15(18)10-14-13-5-3-2-4-12(13)6-9-19-14/h2-5,14,17H,6-11H2,1H3. The zero-order valence-electron chi connectivity index (χ0n) is 11.4. The van der Waals surface area contributed by atoms with Crippen molar-refractivity contribution in [1.29, 1.82) is 0 Å². The van der Waals surface area contributed by atoms with Crippen molar-refractivity contribution >= 4 is 5.78 Å². The van der Waals surface area contributed by atoms with Crippen LogP contribution >= 0.6 is 0 Å². The molecule has 1 N–H and O–H groups in total. The first-order chi connectivity index (χ1) is 9.19. The van der Waals surface area contributed by atoms with Crippen LogP contribution in [0, 0.1) is 5.41 Å².